The highest BCUT2D eigenvalue weighted by Gasteiger charge is 2.15. The van der Waals surface area contributed by atoms with Crippen LogP contribution < -0.4 is 0 Å². The molecule has 1 rings (SSSR count). The number of alkyl halides is 1. The smallest absolute Gasteiger partial charge is 0.146 e. The fourth-order valence-corrected chi connectivity index (χ4v) is 2.31. The van der Waals surface area contributed by atoms with E-state index in [1.54, 1.807) is 19.1 Å². The number of hydrogen-bond acceptors (Lipinski definition) is 1. The van der Waals surface area contributed by atoms with Crippen LogP contribution in [0.15, 0.2) is 22.7 Å². The number of rotatable bonds is 4. The topological polar surface area (TPSA) is 17.1 Å². The number of ketones is 1. The zero-order chi connectivity index (χ0) is 11.4. The van der Waals surface area contributed by atoms with Gasteiger partial charge in [-0.15, -0.1) is 0 Å². The van der Waals surface area contributed by atoms with Gasteiger partial charge in [-0.05, 0) is 30.2 Å². The Morgan fingerprint density at radius 3 is 2.80 bits per heavy atom. The molecule has 0 heterocycles. The largest absolute Gasteiger partial charge is 0.298 e. The maximum absolute atomic E-state index is 13.3. The third-order valence-electron chi connectivity index (χ3n) is 2.10. The van der Waals surface area contributed by atoms with Crippen LogP contribution in [0.1, 0.15) is 18.9 Å². The molecule has 0 aromatic heterocycles. The third-order valence-corrected chi connectivity index (χ3v) is 3.43. The zero-order valence-corrected chi connectivity index (χ0v) is 11.4. The summed E-state index contributed by atoms with van der Waals surface area (Å²) in [5, 5.41) is 0. The van der Waals surface area contributed by atoms with E-state index in [-0.39, 0.29) is 16.4 Å². The van der Waals surface area contributed by atoms with Crippen molar-refractivity contribution in [3.05, 3.63) is 34.1 Å². The summed E-state index contributed by atoms with van der Waals surface area (Å²) in [6, 6.07) is 4.74. The molecule has 0 spiro atoms. The van der Waals surface area contributed by atoms with Gasteiger partial charge in [0, 0.05) is 10.9 Å². The fraction of sp³-hybridized carbons (Fsp3) is 0.364. The van der Waals surface area contributed by atoms with Crippen LogP contribution in [0.5, 0.6) is 0 Å². The van der Waals surface area contributed by atoms with Crippen molar-refractivity contribution in [1.82, 2.24) is 0 Å². The van der Waals surface area contributed by atoms with Crippen molar-refractivity contribution in [3.8, 4) is 0 Å². The van der Waals surface area contributed by atoms with Crippen molar-refractivity contribution in [1.29, 1.82) is 0 Å². The second-order valence-electron chi connectivity index (χ2n) is 3.23. The van der Waals surface area contributed by atoms with Crippen molar-refractivity contribution >= 4 is 37.6 Å². The maximum Gasteiger partial charge on any atom is 0.146 e. The highest BCUT2D eigenvalue weighted by molar-refractivity contribution is 9.10. The summed E-state index contributed by atoms with van der Waals surface area (Å²) >= 11 is 6.54. The van der Waals surface area contributed by atoms with E-state index in [2.05, 4.69) is 31.9 Å². The lowest BCUT2D eigenvalue weighted by Gasteiger charge is -2.08. The number of carbonyl (C=O) groups excluding carboxylic acids is 1. The van der Waals surface area contributed by atoms with Gasteiger partial charge in [-0.25, -0.2) is 4.39 Å². The van der Waals surface area contributed by atoms with E-state index in [4.69, 9.17) is 0 Å². The number of benzene rings is 1. The number of hydrogen-bond donors (Lipinski definition) is 0. The summed E-state index contributed by atoms with van der Waals surface area (Å²) in [4.78, 5) is 11.0. The molecule has 1 nitrogen and oxygen atoms in total. The van der Waals surface area contributed by atoms with E-state index >= 15 is 0 Å². The van der Waals surface area contributed by atoms with Gasteiger partial charge in [0.2, 0.25) is 0 Å². The van der Waals surface area contributed by atoms with Crippen LogP contribution in [0.2, 0.25) is 0 Å². The minimum Gasteiger partial charge on any atom is -0.298 e. The molecule has 0 bridgehead atoms. The van der Waals surface area contributed by atoms with E-state index in [0.717, 1.165) is 4.47 Å². The zero-order valence-electron chi connectivity index (χ0n) is 8.27. The Bertz CT molecular complexity index is 366. The summed E-state index contributed by atoms with van der Waals surface area (Å²) in [5.74, 6) is -0.180. The Balaban J connectivity index is 2.80. The Hall–Kier alpha value is -0.220. The Labute approximate surface area is 105 Å². The highest BCUT2D eigenvalue weighted by atomic mass is 79.9. The van der Waals surface area contributed by atoms with Gasteiger partial charge < -0.3 is 0 Å². The van der Waals surface area contributed by atoms with Crippen molar-refractivity contribution in [3.63, 3.8) is 0 Å². The molecule has 0 aliphatic carbocycles. The van der Waals surface area contributed by atoms with Gasteiger partial charge in [-0.1, -0.05) is 38.8 Å². The first kappa shape index (κ1) is 12.8. The Morgan fingerprint density at radius 2 is 2.20 bits per heavy atom. The third kappa shape index (κ3) is 3.68. The summed E-state index contributed by atoms with van der Waals surface area (Å²) in [5.41, 5.74) is 0.549. The van der Waals surface area contributed by atoms with E-state index in [0.29, 0.717) is 18.4 Å². The lowest BCUT2D eigenvalue weighted by Crippen LogP contribution is -2.16. The molecule has 4 heteroatoms. The molecule has 15 heavy (non-hydrogen) atoms. The molecule has 0 fully saturated rings. The lowest BCUT2D eigenvalue weighted by molar-refractivity contribution is -0.118. The minimum atomic E-state index is -0.300. The Morgan fingerprint density at radius 1 is 1.53 bits per heavy atom. The quantitative estimate of drug-likeness (QED) is 0.762. The molecule has 0 saturated carbocycles. The number of Topliss-reactive ketones (excluding diaryl/α,β-unsaturated/α-hetero) is 1. The van der Waals surface area contributed by atoms with Crippen molar-refractivity contribution in [2.24, 2.45) is 0 Å². The van der Waals surface area contributed by atoms with Crippen LogP contribution in [0, 0.1) is 5.82 Å². The summed E-state index contributed by atoms with van der Waals surface area (Å²) < 4.78 is 14.2. The van der Waals surface area contributed by atoms with Gasteiger partial charge >= 0.3 is 0 Å². The predicted octanol–water partition coefficient (Wildman–Crippen LogP) is 3.87. The molecule has 0 saturated heterocycles. The van der Waals surface area contributed by atoms with Crippen molar-refractivity contribution in [2.45, 2.75) is 24.6 Å². The molecule has 0 aliphatic rings. The van der Waals surface area contributed by atoms with Crippen LogP contribution in [0.25, 0.3) is 0 Å². The molecular formula is C11H11Br2FO. The average molecular weight is 338 g/mol. The van der Waals surface area contributed by atoms with Crippen LogP contribution in [-0.4, -0.2) is 10.6 Å². The van der Waals surface area contributed by atoms with Gasteiger partial charge in [0.15, 0.2) is 0 Å². The minimum absolute atomic E-state index is 0.0920. The first-order chi connectivity index (χ1) is 7.04. The predicted molar refractivity (Wildman–Crippen MR) is 65.8 cm³/mol. The summed E-state index contributed by atoms with van der Waals surface area (Å²) in [6.45, 7) is 1.80. The lowest BCUT2D eigenvalue weighted by atomic mass is 10.1. The van der Waals surface area contributed by atoms with Gasteiger partial charge in [0.25, 0.3) is 0 Å². The van der Waals surface area contributed by atoms with Gasteiger partial charge in [-0.3, -0.25) is 4.79 Å². The second-order valence-corrected chi connectivity index (χ2v) is 5.25. The molecule has 1 aromatic carbocycles. The van der Waals surface area contributed by atoms with Crippen LogP contribution in [0.4, 0.5) is 4.39 Å². The molecule has 0 aliphatic heterocycles. The molecule has 1 aromatic rings. The first-order valence-corrected chi connectivity index (χ1v) is 6.36. The Kier molecular flexibility index (Phi) is 4.93. The molecule has 82 valence electrons. The van der Waals surface area contributed by atoms with Gasteiger partial charge in [-0.2, -0.15) is 0 Å². The van der Waals surface area contributed by atoms with E-state index in [9.17, 15) is 9.18 Å². The van der Waals surface area contributed by atoms with E-state index in [1.807, 2.05) is 0 Å². The van der Waals surface area contributed by atoms with E-state index in [1.165, 1.54) is 6.07 Å². The summed E-state index contributed by atoms with van der Waals surface area (Å²) in [7, 11) is 0. The van der Waals surface area contributed by atoms with Crippen LogP contribution in [-0.2, 0) is 11.2 Å². The monoisotopic (exact) mass is 336 g/mol. The molecule has 1 atom stereocenters. The molecular weight excluding hydrogens is 327 g/mol. The maximum atomic E-state index is 13.3. The molecule has 0 N–H and O–H groups in total. The normalized spacial score (nSPS) is 12.5. The van der Waals surface area contributed by atoms with Gasteiger partial charge in [0.05, 0.1) is 4.83 Å². The molecule has 0 radical (unpaired) electrons. The number of halogens is 3. The molecule has 0 amide bonds. The van der Waals surface area contributed by atoms with Gasteiger partial charge in [0.1, 0.15) is 11.6 Å². The van der Waals surface area contributed by atoms with Crippen LogP contribution in [0.3, 0.4) is 0 Å². The van der Waals surface area contributed by atoms with Crippen LogP contribution >= 0.6 is 31.9 Å². The first-order valence-electron chi connectivity index (χ1n) is 4.65. The summed E-state index contributed by atoms with van der Waals surface area (Å²) in [6.07, 6.45) is 0.851. The highest BCUT2D eigenvalue weighted by Crippen LogP contribution is 2.19. The fourth-order valence-electron chi connectivity index (χ4n) is 1.23. The number of carbonyl (C=O) groups is 1. The second kappa shape index (κ2) is 5.75. The average Bonchev–Trinajstić information content (AvgIpc) is 2.22. The van der Waals surface area contributed by atoms with E-state index < -0.39 is 0 Å². The molecule has 1 unspecified atom stereocenters. The van der Waals surface area contributed by atoms with Crippen molar-refractivity contribution in [2.75, 3.05) is 0 Å². The SMILES string of the molecule is CCC(=O)C(Br)Cc1cc(Br)ccc1F. The standard InChI is InChI=1S/C11H11Br2FO/c1-2-11(15)9(13)6-7-5-8(12)3-4-10(7)14/h3-5,9H,2,6H2,1H3. The van der Waals surface area contributed by atoms with Crippen molar-refractivity contribution < 1.29 is 9.18 Å².